The van der Waals surface area contributed by atoms with Crippen LogP contribution < -0.4 is 24.4 Å². The first-order chi connectivity index (χ1) is 18.2. The van der Waals surface area contributed by atoms with Crippen LogP contribution in [0.15, 0.2) is 66.7 Å². The molecule has 0 atom stereocenters. The number of ether oxygens (including phenoxy) is 4. The summed E-state index contributed by atoms with van der Waals surface area (Å²) >= 11 is 0. The molecule has 2 aromatic heterocycles. The normalized spacial score (nSPS) is 13.2. The van der Waals surface area contributed by atoms with E-state index in [0.29, 0.717) is 57.3 Å². The fraction of sp³-hybridized carbons (Fsp3) is 0.269. The third-order valence-corrected chi connectivity index (χ3v) is 5.36. The average Bonchev–Trinajstić information content (AvgIpc) is 2.94. The van der Waals surface area contributed by atoms with E-state index in [1.54, 1.807) is 12.1 Å². The summed E-state index contributed by atoms with van der Waals surface area (Å²) in [6.07, 6.45) is 0. The van der Waals surface area contributed by atoms with E-state index in [9.17, 15) is 0 Å². The summed E-state index contributed by atoms with van der Waals surface area (Å²) in [6.45, 7) is 5.30. The van der Waals surface area contributed by atoms with Crippen LogP contribution in [-0.2, 0) is 4.74 Å². The van der Waals surface area contributed by atoms with Crippen LogP contribution in [0.4, 0.5) is 17.6 Å². The fourth-order valence-electron chi connectivity index (χ4n) is 3.47. The van der Waals surface area contributed by atoms with Crippen molar-refractivity contribution in [1.29, 1.82) is 0 Å². The van der Waals surface area contributed by atoms with E-state index in [1.807, 2.05) is 66.4 Å². The van der Waals surface area contributed by atoms with Crippen LogP contribution in [-0.4, -0.2) is 64.7 Å². The Morgan fingerprint density at radius 3 is 2.30 bits per heavy atom. The van der Waals surface area contributed by atoms with E-state index in [-0.39, 0.29) is 11.9 Å². The van der Waals surface area contributed by atoms with Crippen LogP contribution in [0.3, 0.4) is 0 Å². The molecule has 37 heavy (non-hydrogen) atoms. The van der Waals surface area contributed by atoms with Gasteiger partial charge in [0.1, 0.15) is 19.0 Å². The number of morpholine rings is 1. The summed E-state index contributed by atoms with van der Waals surface area (Å²) in [6, 6.07) is 20.9. The monoisotopic (exact) mass is 501 g/mol. The standard InChI is InChI=1S/C26H27N7O4/c1-19-7-9-20(10-8-19)27-24-28-25(33-13-15-34-16-14-33)30-26(29-24)37-23-12-11-22(31-32-23)36-18-17-35-21-5-3-2-4-6-21/h2-12H,13-18H2,1H3,(H,27,28,29,30). The van der Waals surface area contributed by atoms with Crippen molar-refractivity contribution in [2.24, 2.45) is 0 Å². The van der Waals surface area contributed by atoms with E-state index >= 15 is 0 Å². The molecule has 2 aromatic carbocycles. The Hall–Kier alpha value is -4.51. The highest BCUT2D eigenvalue weighted by Gasteiger charge is 2.18. The molecule has 3 heterocycles. The Bertz CT molecular complexity index is 1270. The van der Waals surface area contributed by atoms with Crippen LogP contribution in [0.5, 0.6) is 23.5 Å². The van der Waals surface area contributed by atoms with E-state index < -0.39 is 0 Å². The van der Waals surface area contributed by atoms with E-state index in [2.05, 4.69) is 30.5 Å². The van der Waals surface area contributed by atoms with Gasteiger partial charge in [-0.15, -0.1) is 10.2 Å². The van der Waals surface area contributed by atoms with Crippen molar-refractivity contribution in [3.05, 3.63) is 72.3 Å². The van der Waals surface area contributed by atoms with Crippen molar-refractivity contribution in [3.63, 3.8) is 0 Å². The predicted octanol–water partition coefficient (Wildman–Crippen LogP) is 3.80. The van der Waals surface area contributed by atoms with Crippen LogP contribution in [0, 0.1) is 6.92 Å². The zero-order valence-electron chi connectivity index (χ0n) is 20.4. The Labute approximate surface area is 214 Å². The van der Waals surface area contributed by atoms with Crippen molar-refractivity contribution in [2.75, 3.05) is 49.7 Å². The van der Waals surface area contributed by atoms with E-state index in [4.69, 9.17) is 18.9 Å². The van der Waals surface area contributed by atoms with Crippen molar-refractivity contribution in [1.82, 2.24) is 25.1 Å². The number of benzene rings is 2. The van der Waals surface area contributed by atoms with Gasteiger partial charge in [0, 0.05) is 30.9 Å². The Morgan fingerprint density at radius 2 is 1.54 bits per heavy atom. The predicted molar refractivity (Wildman–Crippen MR) is 137 cm³/mol. The molecule has 1 saturated heterocycles. The molecule has 0 bridgehead atoms. The highest BCUT2D eigenvalue weighted by Crippen LogP contribution is 2.23. The van der Waals surface area contributed by atoms with Gasteiger partial charge in [0.05, 0.1) is 13.2 Å². The lowest BCUT2D eigenvalue weighted by Crippen LogP contribution is -2.37. The molecule has 11 heteroatoms. The van der Waals surface area contributed by atoms with Gasteiger partial charge in [0.2, 0.25) is 23.7 Å². The number of hydrogen-bond donors (Lipinski definition) is 1. The Kier molecular flexibility index (Phi) is 7.82. The summed E-state index contributed by atoms with van der Waals surface area (Å²) in [5.74, 6) is 2.23. The Balaban J connectivity index is 1.24. The minimum atomic E-state index is 0.102. The minimum Gasteiger partial charge on any atom is -0.490 e. The van der Waals surface area contributed by atoms with Gasteiger partial charge in [-0.2, -0.15) is 15.0 Å². The third-order valence-electron chi connectivity index (χ3n) is 5.36. The molecule has 5 rings (SSSR count). The van der Waals surface area contributed by atoms with Crippen molar-refractivity contribution >= 4 is 17.6 Å². The molecule has 0 spiro atoms. The van der Waals surface area contributed by atoms with Crippen molar-refractivity contribution in [2.45, 2.75) is 6.92 Å². The van der Waals surface area contributed by atoms with Gasteiger partial charge in [-0.3, -0.25) is 0 Å². The first-order valence-corrected chi connectivity index (χ1v) is 12.0. The average molecular weight is 502 g/mol. The molecular weight excluding hydrogens is 474 g/mol. The summed E-state index contributed by atoms with van der Waals surface area (Å²) in [4.78, 5) is 15.5. The second-order valence-electron chi connectivity index (χ2n) is 8.15. The number of rotatable bonds is 10. The molecule has 0 unspecified atom stereocenters. The van der Waals surface area contributed by atoms with Gasteiger partial charge in [-0.05, 0) is 31.2 Å². The van der Waals surface area contributed by atoms with Gasteiger partial charge in [-0.25, -0.2) is 0 Å². The number of nitrogens with one attached hydrogen (secondary N) is 1. The van der Waals surface area contributed by atoms with Gasteiger partial charge < -0.3 is 29.2 Å². The quantitative estimate of drug-likeness (QED) is 0.320. The fourth-order valence-corrected chi connectivity index (χ4v) is 3.47. The van der Waals surface area contributed by atoms with Crippen molar-refractivity contribution in [3.8, 4) is 23.5 Å². The van der Waals surface area contributed by atoms with E-state index in [1.165, 1.54) is 0 Å². The maximum absolute atomic E-state index is 5.83. The first kappa shape index (κ1) is 24.2. The zero-order chi connectivity index (χ0) is 25.3. The third kappa shape index (κ3) is 7.01. The lowest BCUT2D eigenvalue weighted by molar-refractivity contribution is 0.122. The number of anilines is 3. The summed E-state index contributed by atoms with van der Waals surface area (Å²) in [5, 5.41) is 11.4. The van der Waals surface area contributed by atoms with Crippen LogP contribution in [0.25, 0.3) is 0 Å². The molecule has 0 radical (unpaired) electrons. The smallest absolute Gasteiger partial charge is 0.330 e. The molecule has 190 valence electrons. The maximum atomic E-state index is 5.83. The largest absolute Gasteiger partial charge is 0.490 e. The number of nitrogens with zero attached hydrogens (tertiary/aromatic N) is 6. The number of aryl methyl sites for hydroxylation is 1. The molecule has 1 N–H and O–H groups in total. The molecule has 4 aromatic rings. The van der Waals surface area contributed by atoms with Crippen LogP contribution in [0.1, 0.15) is 5.56 Å². The van der Waals surface area contributed by atoms with Gasteiger partial charge in [-0.1, -0.05) is 35.9 Å². The molecule has 0 amide bonds. The summed E-state index contributed by atoms with van der Waals surface area (Å²) in [7, 11) is 0. The van der Waals surface area contributed by atoms with Gasteiger partial charge in [0.15, 0.2) is 0 Å². The van der Waals surface area contributed by atoms with Crippen molar-refractivity contribution < 1.29 is 18.9 Å². The molecular formula is C26H27N7O4. The molecule has 1 fully saturated rings. The van der Waals surface area contributed by atoms with Gasteiger partial charge in [0.25, 0.3) is 0 Å². The Morgan fingerprint density at radius 1 is 0.811 bits per heavy atom. The second kappa shape index (κ2) is 12.0. The topological polar surface area (TPSA) is 117 Å². The number of aromatic nitrogens is 5. The SMILES string of the molecule is Cc1ccc(Nc2nc(Oc3ccc(OCCOc4ccccc4)nn3)nc(N3CCOCC3)n2)cc1. The highest BCUT2D eigenvalue weighted by molar-refractivity contribution is 5.55. The molecule has 11 nitrogen and oxygen atoms in total. The maximum Gasteiger partial charge on any atom is 0.330 e. The molecule has 0 aliphatic carbocycles. The van der Waals surface area contributed by atoms with E-state index in [0.717, 1.165) is 17.0 Å². The lowest BCUT2D eigenvalue weighted by Gasteiger charge is -2.26. The highest BCUT2D eigenvalue weighted by atomic mass is 16.5. The number of hydrogen-bond acceptors (Lipinski definition) is 11. The summed E-state index contributed by atoms with van der Waals surface area (Å²) in [5.41, 5.74) is 2.02. The molecule has 1 aliphatic rings. The van der Waals surface area contributed by atoms with Crippen LogP contribution >= 0.6 is 0 Å². The summed E-state index contributed by atoms with van der Waals surface area (Å²) < 4.78 is 22.5. The molecule has 1 aliphatic heterocycles. The minimum absolute atomic E-state index is 0.102. The lowest BCUT2D eigenvalue weighted by atomic mass is 10.2. The number of para-hydroxylation sites is 1. The van der Waals surface area contributed by atoms with Crippen LogP contribution in [0.2, 0.25) is 0 Å². The van der Waals surface area contributed by atoms with Gasteiger partial charge >= 0.3 is 6.01 Å². The molecule has 0 saturated carbocycles. The second-order valence-corrected chi connectivity index (χ2v) is 8.15. The zero-order valence-corrected chi connectivity index (χ0v) is 20.4. The first-order valence-electron chi connectivity index (χ1n) is 12.0.